The third-order valence-electron chi connectivity index (χ3n) is 3.35. The molecule has 116 valence electrons. The second-order valence-electron chi connectivity index (χ2n) is 4.93. The molecular weight excluding hydrogens is 296 g/mol. The first-order chi connectivity index (χ1) is 11.2. The van der Waals surface area contributed by atoms with E-state index in [1.54, 1.807) is 36.4 Å². The normalized spacial score (nSPS) is 10.5. The second-order valence-corrected chi connectivity index (χ2v) is 4.93. The maximum atomic E-state index is 11.5. The van der Waals surface area contributed by atoms with Crippen molar-refractivity contribution in [1.82, 2.24) is 0 Å². The monoisotopic (exact) mass is 310 g/mol. The molecule has 0 aliphatic rings. The highest BCUT2D eigenvalue weighted by Gasteiger charge is 2.06. The Morgan fingerprint density at radius 2 is 1.91 bits per heavy atom. The Hall–Kier alpha value is -3.08. The van der Waals surface area contributed by atoms with E-state index in [4.69, 9.17) is 13.9 Å². The van der Waals surface area contributed by atoms with E-state index in [9.17, 15) is 9.59 Å². The molecule has 0 N–H and O–H groups in total. The quantitative estimate of drug-likeness (QED) is 0.547. The van der Waals surface area contributed by atoms with Crippen molar-refractivity contribution in [2.24, 2.45) is 0 Å². The number of rotatable bonds is 4. The summed E-state index contributed by atoms with van der Waals surface area (Å²) in [5.74, 6) is 0.189. The lowest BCUT2D eigenvalue weighted by Gasteiger charge is -2.08. The molecule has 0 aliphatic carbocycles. The lowest BCUT2D eigenvalue weighted by molar-refractivity contribution is 0.0600. The predicted octanol–water partition coefficient (Wildman–Crippen LogP) is 3.16. The van der Waals surface area contributed by atoms with E-state index in [2.05, 4.69) is 0 Å². The Morgan fingerprint density at radius 1 is 1.09 bits per heavy atom. The Balaban J connectivity index is 1.78. The maximum Gasteiger partial charge on any atom is 0.337 e. The first kappa shape index (κ1) is 14.8. The maximum absolute atomic E-state index is 11.5. The van der Waals surface area contributed by atoms with Gasteiger partial charge in [0.1, 0.15) is 17.9 Å². The van der Waals surface area contributed by atoms with Crippen LogP contribution in [0.3, 0.4) is 0 Å². The summed E-state index contributed by atoms with van der Waals surface area (Å²) in [6.45, 7) is 0.285. The van der Waals surface area contributed by atoms with E-state index in [0.717, 1.165) is 10.9 Å². The van der Waals surface area contributed by atoms with Crippen LogP contribution in [-0.4, -0.2) is 13.1 Å². The first-order valence-electron chi connectivity index (χ1n) is 7.00. The molecule has 5 heteroatoms. The van der Waals surface area contributed by atoms with Gasteiger partial charge in [-0.05, 0) is 35.9 Å². The average molecular weight is 310 g/mol. The van der Waals surface area contributed by atoms with Gasteiger partial charge in [-0.3, -0.25) is 0 Å². The summed E-state index contributed by atoms with van der Waals surface area (Å²) >= 11 is 0. The van der Waals surface area contributed by atoms with E-state index in [1.165, 1.54) is 13.2 Å². The molecule has 0 fully saturated rings. The van der Waals surface area contributed by atoms with Crippen LogP contribution in [0.2, 0.25) is 0 Å². The predicted molar refractivity (Wildman–Crippen MR) is 84.6 cm³/mol. The largest absolute Gasteiger partial charge is 0.489 e. The number of carbonyl (C=O) groups excluding carboxylic acids is 1. The minimum atomic E-state index is -0.402. The number of hydrogen-bond acceptors (Lipinski definition) is 5. The fourth-order valence-corrected chi connectivity index (χ4v) is 2.20. The van der Waals surface area contributed by atoms with Gasteiger partial charge in [-0.1, -0.05) is 12.1 Å². The number of carbonyl (C=O) groups is 1. The van der Waals surface area contributed by atoms with Gasteiger partial charge in [0.2, 0.25) is 0 Å². The third kappa shape index (κ3) is 3.40. The highest BCUT2D eigenvalue weighted by Crippen LogP contribution is 2.20. The van der Waals surface area contributed by atoms with Crippen LogP contribution in [0.15, 0.2) is 63.8 Å². The number of ether oxygens (including phenoxy) is 2. The molecular formula is C18H14O5. The third-order valence-corrected chi connectivity index (χ3v) is 3.35. The lowest BCUT2D eigenvalue weighted by Crippen LogP contribution is -2.03. The summed E-state index contributed by atoms with van der Waals surface area (Å²) in [4.78, 5) is 22.8. The molecule has 0 aliphatic heterocycles. The van der Waals surface area contributed by atoms with Gasteiger partial charge in [-0.25, -0.2) is 9.59 Å². The molecule has 1 aromatic heterocycles. The van der Waals surface area contributed by atoms with Crippen molar-refractivity contribution < 1.29 is 18.7 Å². The van der Waals surface area contributed by atoms with Crippen molar-refractivity contribution in [3.05, 3.63) is 76.1 Å². The number of benzene rings is 2. The highest BCUT2D eigenvalue weighted by molar-refractivity contribution is 5.89. The second kappa shape index (κ2) is 6.36. The summed E-state index contributed by atoms with van der Waals surface area (Å²) < 4.78 is 15.5. The van der Waals surface area contributed by atoms with Gasteiger partial charge >= 0.3 is 11.6 Å². The van der Waals surface area contributed by atoms with Gasteiger partial charge in [-0.15, -0.1) is 0 Å². The van der Waals surface area contributed by atoms with Crippen molar-refractivity contribution >= 4 is 16.9 Å². The van der Waals surface area contributed by atoms with Gasteiger partial charge in [0.25, 0.3) is 0 Å². The van der Waals surface area contributed by atoms with Crippen LogP contribution >= 0.6 is 0 Å². The summed E-state index contributed by atoms with van der Waals surface area (Å²) in [5, 5.41) is 0.824. The molecule has 2 aromatic carbocycles. The fourth-order valence-electron chi connectivity index (χ4n) is 2.20. The van der Waals surface area contributed by atoms with Gasteiger partial charge in [0, 0.05) is 17.5 Å². The molecule has 23 heavy (non-hydrogen) atoms. The summed E-state index contributed by atoms with van der Waals surface area (Å²) in [6, 6.07) is 15.4. The van der Waals surface area contributed by atoms with Gasteiger partial charge in [0.05, 0.1) is 12.7 Å². The molecule has 0 amide bonds. The molecule has 0 unspecified atom stereocenters. The minimum absolute atomic E-state index is 0.285. The topological polar surface area (TPSA) is 65.7 Å². The molecule has 0 bridgehead atoms. The van der Waals surface area contributed by atoms with Crippen molar-refractivity contribution in [1.29, 1.82) is 0 Å². The van der Waals surface area contributed by atoms with Crippen LogP contribution < -0.4 is 10.4 Å². The molecule has 0 saturated carbocycles. The number of methoxy groups -OCH3 is 1. The molecule has 0 atom stereocenters. The average Bonchev–Trinajstić information content (AvgIpc) is 2.59. The SMILES string of the molecule is COC(=O)c1cccc(COc2ccc3ccc(=O)oc3c2)c1. The van der Waals surface area contributed by atoms with Crippen molar-refractivity contribution in [2.45, 2.75) is 6.61 Å². The van der Waals surface area contributed by atoms with E-state index >= 15 is 0 Å². The molecule has 0 radical (unpaired) electrons. The fraction of sp³-hybridized carbons (Fsp3) is 0.111. The van der Waals surface area contributed by atoms with Crippen LogP contribution in [0.1, 0.15) is 15.9 Å². The molecule has 5 nitrogen and oxygen atoms in total. The van der Waals surface area contributed by atoms with Crippen LogP contribution in [0, 0.1) is 0 Å². The molecule has 1 heterocycles. The molecule has 0 spiro atoms. The zero-order valence-corrected chi connectivity index (χ0v) is 12.4. The molecule has 3 aromatic rings. The van der Waals surface area contributed by atoms with Crippen molar-refractivity contribution in [2.75, 3.05) is 7.11 Å². The number of esters is 1. The van der Waals surface area contributed by atoms with Crippen molar-refractivity contribution in [3.63, 3.8) is 0 Å². The first-order valence-corrected chi connectivity index (χ1v) is 7.00. The zero-order valence-electron chi connectivity index (χ0n) is 12.4. The Labute approximate surface area is 132 Å². The van der Waals surface area contributed by atoms with Crippen LogP contribution in [0.4, 0.5) is 0 Å². The lowest BCUT2D eigenvalue weighted by atomic mass is 10.1. The smallest absolute Gasteiger partial charge is 0.337 e. The summed E-state index contributed by atoms with van der Waals surface area (Å²) in [7, 11) is 1.34. The van der Waals surface area contributed by atoms with E-state index in [1.807, 2.05) is 12.1 Å². The van der Waals surface area contributed by atoms with Crippen molar-refractivity contribution in [3.8, 4) is 5.75 Å². The zero-order chi connectivity index (χ0) is 16.2. The standard InChI is InChI=1S/C18H14O5/c1-21-18(20)14-4-2-3-12(9-14)11-22-15-7-5-13-6-8-17(19)23-16(13)10-15/h2-10H,11H2,1H3. The Kier molecular flexibility index (Phi) is 4.10. The van der Waals surface area contributed by atoms with E-state index in [-0.39, 0.29) is 12.6 Å². The van der Waals surface area contributed by atoms with Crippen LogP contribution in [0.25, 0.3) is 11.0 Å². The minimum Gasteiger partial charge on any atom is -0.489 e. The number of hydrogen-bond donors (Lipinski definition) is 0. The van der Waals surface area contributed by atoms with E-state index < -0.39 is 5.63 Å². The highest BCUT2D eigenvalue weighted by atomic mass is 16.5. The van der Waals surface area contributed by atoms with Gasteiger partial charge < -0.3 is 13.9 Å². The Bertz CT molecular complexity index is 910. The molecule has 0 saturated heterocycles. The summed E-state index contributed by atoms with van der Waals surface area (Å²) in [5.41, 5.74) is 1.37. The molecule has 3 rings (SSSR count). The summed E-state index contributed by atoms with van der Waals surface area (Å²) in [6.07, 6.45) is 0. The van der Waals surface area contributed by atoms with E-state index in [0.29, 0.717) is 16.9 Å². The van der Waals surface area contributed by atoms with Gasteiger partial charge in [0.15, 0.2) is 0 Å². The van der Waals surface area contributed by atoms with Crippen LogP contribution in [-0.2, 0) is 11.3 Å². The van der Waals surface area contributed by atoms with Crippen LogP contribution in [0.5, 0.6) is 5.75 Å². The van der Waals surface area contributed by atoms with Gasteiger partial charge in [-0.2, -0.15) is 0 Å². The number of fused-ring (bicyclic) bond motifs is 1. The Morgan fingerprint density at radius 3 is 2.74 bits per heavy atom.